The summed E-state index contributed by atoms with van der Waals surface area (Å²) in [4.78, 5) is 23.9. The van der Waals surface area contributed by atoms with Crippen LogP contribution in [0.2, 0.25) is 0 Å². The molecule has 2 aliphatic rings. The van der Waals surface area contributed by atoms with E-state index in [1.165, 1.54) is 26.4 Å². The van der Waals surface area contributed by atoms with Gasteiger partial charge in [-0.05, 0) is 37.5 Å². The zero-order chi connectivity index (χ0) is 11.8. The molecule has 3 nitrogen and oxygen atoms in total. The average Bonchev–Trinajstić information content (AvgIpc) is 2.14. The number of rotatable bonds is 4. The van der Waals surface area contributed by atoms with Crippen molar-refractivity contribution < 1.29 is 14.3 Å². The summed E-state index contributed by atoms with van der Waals surface area (Å²) in [5, 5.41) is 0. The lowest BCUT2D eigenvalue weighted by atomic mass is 9.44. The number of ether oxygens (including phenoxy) is 1. The summed E-state index contributed by atoms with van der Waals surface area (Å²) in [5.41, 5.74) is -0.456. The van der Waals surface area contributed by atoms with Crippen LogP contribution in [0, 0.1) is 10.8 Å². The summed E-state index contributed by atoms with van der Waals surface area (Å²) < 4.78 is 4.83. The zero-order valence-corrected chi connectivity index (χ0v) is 10.2. The van der Waals surface area contributed by atoms with Crippen molar-refractivity contribution in [2.24, 2.45) is 10.8 Å². The Balaban J connectivity index is 2.10. The van der Waals surface area contributed by atoms with Gasteiger partial charge >= 0.3 is 5.97 Å². The minimum atomic E-state index is -0.773. The third-order valence-electron chi connectivity index (χ3n) is 4.35. The Morgan fingerprint density at radius 2 is 1.88 bits per heavy atom. The fourth-order valence-electron chi connectivity index (χ4n) is 3.38. The molecule has 0 radical (unpaired) electrons. The predicted octanol–water partition coefficient (Wildman–Crippen LogP) is 2.48. The maximum absolute atomic E-state index is 12.1. The minimum absolute atomic E-state index is 0.0966. The van der Waals surface area contributed by atoms with Crippen molar-refractivity contribution in [3.05, 3.63) is 0 Å². The third-order valence-corrected chi connectivity index (χ3v) is 4.35. The molecule has 16 heavy (non-hydrogen) atoms. The number of ketones is 1. The van der Waals surface area contributed by atoms with Gasteiger partial charge < -0.3 is 4.74 Å². The van der Waals surface area contributed by atoms with Gasteiger partial charge in [-0.1, -0.05) is 13.3 Å². The number of esters is 1. The summed E-state index contributed by atoms with van der Waals surface area (Å²) in [6.45, 7) is 1.97. The molecule has 0 aliphatic heterocycles. The minimum Gasteiger partial charge on any atom is -0.468 e. The summed E-state index contributed by atoms with van der Waals surface area (Å²) in [6.07, 6.45) is 6.42. The van der Waals surface area contributed by atoms with E-state index in [4.69, 9.17) is 4.74 Å². The maximum Gasteiger partial charge on any atom is 0.319 e. The van der Waals surface area contributed by atoms with Crippen LogP contribution in [0.15, 0.2) is 0 Å². The van der Waals surface area contributed by atoms with Crippen LogP contribution in [0.3, 0.4) is 0 Å². The van der Waals surface area contributed by atoms with Gasteiger partial charge in [-0.25, -0.2) is 0 Å². The lowest BCUT2D eigenvalue weighted by Gasteiger charge is -2.58. The fourth-order valence-corrected chi connectivity index (χ4v) is 3.38. The van der Waals surface area contributed by atoms with E-state index in [1.807, 2.05) is 6.92 Å². The summed E-state index contributed by atoms with van der Waals surface area (Å²) in [5.74, 6) is -0.206. The van der Waals surface area contributed by atoms with Gasteiger partial charge in [-0.3, -0.25) is 9.59 Å². The van der Waals surface area contributed by atoms with E-state index in [-0.39, 0.29) is 11.8 Å². The van der Waals surface area contributed by atoms with Crippen LogP contribution in [0.1, 0.15) is 51.9 Å². The van der Waals surface area contributed by atoms with Gasteiger partial charge in [0.2, 0.25) is 0 Å². The van der Waals surface area contributed by atoms with Gasteiger partial charge in [0.05, 0.1) is 7.11 Å². The summed E-state index contributed by atoms with van der Waals surface area (Å²) >= 11 is 0. The fraction of sp³-hybridized carbons (Fsp3) is 0.846. The molecule has 0 aromatic carbocycles. The molecule has 0 amide bonds. The van der Waals surface area contributed by atoms with Crippen molar-refractivity contribution in [2.75, 3.05) is 7.11 Å². The highest BCUT2D eigenvalue weighted by Crippen LogP contribution is 2.65. The van der Waals surface area contributed by atoms with Crippen LogP contribution in [-0.4, -0.2) is 18.9 Å². The first-order valence-electron chi connectivity index (χ1n) is 6.20. The Morgan fingerprint density at radius 3 is 2.25 bits per heavy atom. The van der Waals surface area contributed by atoms with Gasteiger partial charge in [-0.2, -0.15) is 0 Å². The lowest BCUT2D eigenvalue weighted by molar-refractivity contribution is -0.182. The molecular weight excluding hydrogens is 204 g/mol. The number of hydrogen-bond acceptors (Lipinski definition) is 3. The molecule has 2 rings (SSSR count). The van der Waals surface area contributed by atoms with Crippen LogP contribution in [0.25, 0.3) is 0 Å². The van der Waals surface area contributed by atoms with Crippen molar-refractivity contribution in [1.82, 2.24) is 0 Å². The second-order valence-electron chi connectivity index (χ2n) is 5.45. The predicted molar refractivity (Wildman–Crippen MR) is 59.9 cm³/mol. The van der Waals surface area contributed by atoms with Gasteiger partial charge in [0.25, 0.3) is 0 Å². The van der Waals surface area contributed by atoms with Crippen molar-refractivity contribution in [3.63, 3.8) is 0 Å². The van der Waals surface area contributed by atoms with E-state index >= 15 is 0 Å². The molecule has 0 aromatic heterocycles. The van der Waals surface area contributed by atoms with Crippen molar-refractivity contribution in [3.8, 4) is 0 Å². The second-order valence-corrected chi connectivity index (χ2v) is 5.45. The number of Topliss-reactive ketones (excluding diaryl/α,β-unsaturated/α-hetero) is 1. The molecule has 90 valence electrons. The van der Waals surface area contributed by atoms with Crippen LogP contribution in [-0.2, 0) is 14.3 Å². The molecule has 3 heteroatoms. The normalized spacial score (nSPS) is 24.4. The first-order chi connectivity index (χ1) is 7.58. The molecular formula is C13H20O3. The van der Waals surface area contributed by atoms with E-state index in [0.29, 0.717) is 11.8 Å². The lowest BCUT2D eigenvalue weighted by Crippen LogP contribution is -2.58. The first-order valence-corrected chi connectivity index (χ1v) is 6.20. The highest BCUT2D eigenvalue weighted by atomic mass is 16.5. The van der Waals surface area contributed by atoms with E-state index in [2.05, 4.69) is 0 Å². The van der Waals surface area contributed by atoms with E-state index in [9.17, 15) is 9.59 Å². The molecule has 2 saturated carbocycles. The number of methoxy groups -OCH3 is 1. The van der Waals surface area contributed by atoms with E-state index in [0.717, 1.165) is 19.3 Å². The average molecular weight is 224 g/mol. The SMILES string of the molecule is CCCC(=O)C1(C(=O)OC)CC2(CCC2)C1. The van der Waals surface area contributed by atoms with Crippen molar-refractivity contribution in [2.45, 2.75) is 51.9 Å². The largest absolute Gasteiger partial charge is 0.468 e. The first kappa shape index (κ1) is 11.6. The highest BCUT2D eigenvalue weighted by molar-refractivity contribution is 6.05. The molecule has 0 N–H and O–H groups in total. The number of hydrogen-bond donors (Lipinski definition) is 0. The molecule has 0 bridgehead atoms. The Kier molecular flexibility index (Phi) is 2.81. The molecule has 0 aromatic rings. The highest BCUT2D eigenvalue weighted by Gasteiger charge is 2.64. The van der Waals surface area contributed by atoms with Gasteiger partial charge in [0.15, 0.2) is 0 Å². The van der Waals surface area contributed by atoms with Crippen LogP contribution in [0.4, 0.5) is 0 Å². The molecule has 0 atom stereocenters. The third kappa shape index (κ3) is 1.48. The quantitative estimate of drug-likeness (QED) is 0.544. The van der Waals surface area contributed by atoms with Crippen LogP contribution < -0.4 is 0 Å². The summed E-state index contributed by atoms with van der Waals surface area (Å²) in [7, 11) is 1.38. The molecule has 2 aliphatic carbocycles. The Morgan fingerprint density at radius 1 is 1.25 bits per heavy atom. The number of carbonyl (C=O) groups is 2. The van der Waals surface area contributed by atoms with E-state index < -0.39 is 5.41 Å². The Bertz CT molecular complexity index is 307. The van der Waals surface area contributed by atoms with Gasteiger partial charge in [0, 0.05) is 6.42 Å². The molecule has 0 heterocycles. The van der Waals surface area contributed by atoms with E-state index in [1.54, 1.807) is 0 Å². The van der Waals surface area contributed by atoms with Gasteiger partial charge in [-0.15, -0.1) is 0 Å². The maximum atomic E-state index is 12.1. The second kappa shape index (κ2) is 3.86. The topological polar surface area (TPSA) is 43.4 Å². The molecule has 0 saturated heterocycles. The van der Waals surface area contributed by atoms with Crippen LogP contribution >= 0.6 is 0 Å². The van der Waals surface area contributed by atoms with Crippen LogP contribution in [0.5, 0.6) is 0 Å². The Hall–Kier alpha value is -0.860. The van der Waals surface area contributed by atoms with Gasteiger partial charge in [0.1, 0.15) is 11.2 Å². The smallest absolute Gasteiger partial charge is 0.319 e. The molecule has 1 spiro atoms. The summed E-state index contributed by atoms with van der Waals surface area (Å²) in [6, 6.07) is 0. The zero-order valence-electron chi connectivity index (χ0n) is 10.2. The van der Waals surface area contributed by atoms with Crippen molar-refractivity contribution in [1.29, 1.82) is 0 Å². The molecule has 2 fully saturated rings. The monoisotopic (exact) mass is 224 g/mol. The number of carbonyl (C=O) groups excluding carboxylic acids is 2. The molecule has 0 unspecified atom stereocenters. The van der Waals surface area contributed by atoms with Crippen molar-refractivity contribution >= 4 is 11.8 Å². The standard InChI is InChI=1S/C13H20O3/c1-3-5-10(14)13(11(15)16-2)8-12(9-13)6-4-7-12/h3-9H2,1-2H3. The Labute approximate surface area is 96.5 Å².